The van der Waals surface area contributed by atoms with Gasteiger partial charge in [-0.05, 0) is 63.4 Å². The Labute approximate surface area is 122 Å². The molecule has 1 unspecified atom stereocenters. The normalized spacial score (nSPS) is 22.1. The lowest BCUT2D eigenvalue weighted by atomic mass is 9.92. The molecule has 0 aromatic carbocycles. The summed E-state index contributed by atoms with van der Waals surface area (Å²) in [6.45, 7) is 15.2. The summed E-state index contributed by atoms with van der Waals surface area (Å²) in [5.74, 6) is 2.27. The maximum Gasteiger partial charge on any atom is 0.0430 e. The van der Waals surface area contributed by atoms with Gasteiger partial charge in [0.2, 0.25) is 0 Å². The molecule has 1 aliphatic rings. The van der Waals surface area contributed by atoms with Gasteiger partial charge in [0.15, 0.2) is 0 Å². The first-order valence-corrected chi connectivity index (χ1v) is 9.36. The van der Waals surface area contributed by atoms with Crippen LogP contribution >= 0.6 is 21.8 Å². The highest BCUT2D eigenvalue weighted by Gasteiger charge is 2.28. The van der Waals surface area contributed by atoms with Crippen LogP contribution < -0.4 is 0 Å². The van der Waals surface area contributed by atoms with Crippen LogP contribution in [-0.2, 0) is 0 Å². The van der Waals surface area contributed by atoms with E-state index < -0.39 is 0 Å². The third-order valence-electron chi connectivity index (χ3n) is 3.00. The standard InChI is InChI=1S/C15H29NS2/c1-11(2)7-14-10-17-18-16(9-13(5)6)15(14)8-12(3)4/h10-13,15H,7-9H2,1-6H3. The first-order chi connectivity index (χ1) is 8.40. The van der Waals surface area contributed by atoms with Crippen LogP contribution in [0.4, 0.5) is 0 Å². The first kappa shape index (κ1) is 16.5. The number of hydrogen-bond donors (Lipinski definition) is 0. The minimum atomic E-state index is 0.654. The van der Waals surface area contributed by atoms with E-state index in [1.165, 1.54) is 19.4 Å². The van der Waals surface area contributed by atoms with Crippen molar-refractivity contribution in [3.05, 3.63) is 11.0 Å². The Morgan fingerprint density at radius 3 is 2.22 bits per heavy atom. The van der Waals surface area contributed by atoms with Crippen molar-refractivity contribution in [1.82, 2.24) is 4.31 Å². The van der Waals surface area contributed by atoms with Crippen LogP contribution in [0.5, 0.6) is 0 Å². The van der Waals surface area contributed by atoms with E-state index in [0.29, 0.717) is 6.04 Å². The molecule has 1 atom stereocenters. The fraction of sp³-hybridized carbons (Fsp3) is 0.867. The SMILES string of the molecule is CC(C)CC1=CSSN(CC(C)C)C1CC(C)C. The average molecular weight is 288 g/mol. The van der Waals surface area contributed by atoms with Gasteiger partial charge in [-0.2, -0.15) is 0 Å². The second-order valence-electron chi connectivity index (χ2n) is 6.60. The fourth-order valence-electron chi connectivity index (χ4n) is 2.34. The van der Waals surface area contributed by atoms with Gasteiger partial charge in [-0.15, -0.1) is 0 Å². The number of nitrogens with zero attached hydrogens (tertiary/aromatic N) is 1. The molecule has 1 rings (SSSR count). The molecule has 0 saturated heterocycles. The molecule has 106 valence electrons. The van der Waals surface area contributed by atoms with Crippen molar-refractivity contribution in [1.29, 1.82) is 0 Å². The molecule has 0 bridgehead atoms. The summed E-state index contributed by atoms with van der Waals surface area (Å²) in [7, 11) is 3.85. The second kappa shape index (κ2) is 7.86. The molecule has 0 aromatic rings. The van der Waals surface area contributed by atoms with Crippen LogP contribution in [-0.4, -0.2) is 16.9 Å². The van der Waals surface area contributed by atoms with Gasteiger partial charge in [-0.3, -0.25) is 0 Å². The maximum atomic E-state index is 2.62. The Balaban J connectivity index is 2.77. The van der Waals surface area contributed by atoms with E-state index in [2.05, 4.69) is 51.3 Å². The smallest absolute Gasteiger partial charge is 0.0430 e. The highest BCUT2D eigenvalue weighted by molar-refractivity contribution is 8.77. The molecule has 0 aromatic heterocycles. The summed E-state index contributed by atoms with van der Waals surface area (Å²) < 4.78 is 2.62. The van der Waals surface area contributed by atoms with Crippen LogP contribution in [0, 0.1) is 17.8 Å². The lowest BCUT2D eigenvalue weighted by Crippen LogP contribution is -2.36. The van der Waals surface area contributed by atoms with E-state index in [1.807, 2.05) is 21.8 Å². The van der Waals surface area contributed by atoms with Gasteiger partial charge >= 0.3 is 0 Å². The molecule has 0 fully saturated rings. The molecule has 18 heavy (non-hydrogen) atoms. The quantitative estimate of drug-likeness (QED) is 0.462. The average Bonchev–Trinajstić information content (AvgIpc) is 2.20. The molecule has 0 saturated carbocycles. The molecular weight excluding hydrogens is 258 g/mol. The fourth-order valence-corrected chi connectivity index (χ4v) is 4.88. The monoisotopic (exact) mass is 287 g/mol. The van der Waals surface area contributed by atoms with Crippen molar-refractivity contribution in [2.45, 2.75) is 60.4 Å². The van der Waals surface area contributed by atoms with Crippen LogP contribution in [0.25, 0.3) is 0 Å². The van der Waals surface area contributed by atoms with E-state index in [-0.39, 0.29) is 0 Å². The molecule has 1 heterocycles. The molecule has 0 N–H and O–H groups in total. The summed E-state index contributed by atoms with van der Waals surface area (Å²) in [6, 6.07) is 0.654. The first-order valence-electron chi connectivity index (χ1n) is 7.19. The van der Waals surface area contributed by atoms with Crippen LogP contribution in [0.15, 0.2) is 11.0 Å². The Bertz CT molecular complexity index is 272. The summed E-state index contributed by atoms with van der Waals surface area (Å²) in [5.41, 5.74) is 1.66. The van der Waals surface area contributed by atoms with Crippen molar-refractivity contribution >= 4 is 21.8 Å². The molecule has 3 heteroatoms. The van der Waals surface area contributed by atoms with Gasteiger partial charge in [0.05, 0.1) is 0 Å². The number of rotatable bonds is 6. The highest BCUT2D eigenvalue weighted by Crippen LogP contribution is 2.42. The van der Waals surface area contributed by atoms with Crippen molar-refractivity contribution in [2.24, 2.45) is 17.8 Å². The zero-order valence-electron chi connectivity index (χ0n) is 12.8. The Morgan fingerprint density at radius 2 is 1.72 bits per heavy atom. The van der Waals surface area contributed by atoms with Gasteiger partial charge < -0.3 is 0 Å². The zero-order valence-corrected chi connectivity index (χ0v) is 14.4. The van der Waals surface area contributed by atoms with Crippen molar-refractivity contribution in [2.75, 3.05) is 6.54 Å². The number of hydrogen-bond acceptors (Lipinski definition) is 3. The molecule has 0 radical (unpaired) electrons. The predicted molar refractivity (Wildman–Crippen MR) is 87.5 cm³/mol. The van der Waals surface area contributed by atoms with Gasteiger partial charge in [0, 0.05) is 12.6 Å². The van der Waals surface area contributed by atoms with Gasteiger partial charge in [-0.1, -0.05) is 41.5 Å². The minimum absolute atomic E-state index is 0.654. The van der Waals surface area contributed by atoms with E-state index in [0.717, 1.165) is 17.8 Å². The van der Waals surface area contributed by atoms with Crippen LogP contribution in [0.2, 0.25) is 0 Å². The minimum Gasteiger partial charge on any atom is -0.234 e. The zero-order chi connectivity index (χ0) is 13.7. The lowest BCUT2D eigenvalue weighted by Gasteiger charge is -2.37. The predicted octanol–water partition coefficient (Wildman–Crippen LogP) is 5.60. The molecule has 1 aliphatic heterocycles. The third-order valence-corrected chi connectivity index (χ3v) is 5.20. The van der Waals surface area contributed by atoms with Crippen LogP contribution in [0.1, 0.15) is 54.4 Å². The Morgan fingerprint density at radius 1 is 1.06 bits per heavy atom. The van der Waals surface area contributed by atoms with E-state index in [1.54, 1.807) is 5.57 Å². The van der Waals surface area contributed by atoms with E-state index in [9.17, 15) is 0 Å². The molecular formula is C15H29NS2. The Kier molecular flexibility index (Phi) is 7.19. The molecule has 1 nitrogen and oxygen atoms in total. The lowest BCUT2D eigenvalue weighted by molar-refractivity contribution is 0.302. The van der Waals surface area contributed by atoms with Crippen molar-refractivity contribution < 1.29 is 0 Å². The highest BCUT2D eigenvalue weighted by atomic mass is 33.1. The summed E-state index contributed by atoms with van der Waals surface area (Å²) in [6.07, 6.45) is 2.54. The van der Waals surface area contributed by atoms with E-state index in [4.69, 9.17) is 0 Å². The van der Waals surface area contributed by atoms with Gasteiger partial charge in [-0.25, -0.2) is 4.31 Å². The topological polar surface area (TPSA) is 3.24 Å². The maximum absolute atomic E-state index is 2.62. The van der Waals surface area contributed by atoms with E-state index >= 15 is 0 Å². The van der Waals surface area contributed by atoms with Gasteiger partial charge in [0.1, 0.15) is 0 Å². The Hall–Kier alpha value is 0.400. The molecule has 0 amide bonds. The molecule has 0 spiro atoms. The second-order valence-corrected chi connectivity index (χ2v) is 8.67. The van der Waals surface area contributed by atoms with Crippen molar-refractivity contribution in [3.8, 4) is 0 Å². The summed E-state index contributed by atoms with van der Waals surface area (Å²) in [4.78, 5) is 0. The van der Waals surface area contributed by atoms with Crippen LogP contribution in [0.3, 0.4) is 0 Å². The summed E-state index contributed by atoms with van der Waals surface area (Å²) >= 11 is 0. The van der Waals surface area contributed by atoms with Crippen molar-refractivity contribution in [3.63, 3.8) is 0 Å². The third kappa shape index (κ3) is 5.58. The van der Waals surface area contributed by atoms with Gasteiger partial charge in [0.25, 0.3) is 0 Å². The summed E-state index contributed by atoms with van der Waals surface area (Å²) in [5, 5.41) is 2.41. The largest absolute Gasteiger partial charge is 0.234 e. The molecule has 0 aliphatic carbocycles.